The Hall–Kier alpha value is -7.72. The van der Waals surface area contributed by atoms with Gasteiger partial charge in [-0.25, -0.2) is 9.97 Å². The quantitative estimate of drug-likeness (QED) is 0.124. The molecule has 0 saturated carbocycles. The summed E-state index contributed by atoms with van der Waals surface area (Å²) in [4.78, 5) is 10.6. The van der Waals surface area contributed by atoms with Crippen LogP contribution in [0.5, 0.6) is 0 Å². The number of hydrogen-bond donors (Lipinski definition) is 0. The third-order valence-electron chi connectivity index (χ3n) is 12.1. The summed E-state index contributed by atoms with van der Waals surface area (Å²) >= 11 is 1.86. The van der Waals surface area contributed by atoms with Gasteiger partial charge in [0.2, 0.25) is 0 Å². The lowest BCUT2D eigenvalue weighted by Gasteiger charge is -2.15. The van der Waals surface area contributed by atoms with Crippen molar-refractivity contribution < 1.29 is 0 Å². The van der Waals surface area contributed by atoms with Gasteiger partial charge in [-0.05, 0) is 83.9 Å². The van der Waals surface area contributed by atoms with Crippen LogP contribution in [-0.4, -0.2) is 9.97 Å². The van der Waals surface area contributed by atoms with E-state index in [1.165, 1.54) is 69.2 Å². The first-order valence-corrected chi connectivity index (χ1v) is 21.5. The van der Waals surface area contributed by atoms with Crippen LogP contribution in [-0.2, 0) is 0 Å². The summed E-state index contributed by atoms with van der Waals surface area (Å²) in [6.07, 6.45) is 0. The van der Waals surface area contributed by atoms with Gasteiger partial charge in [0, 0.05) is 36.9 Å². The molecule has 10 aromatic carbocycles. The fourth-order valence-electron chi connectivity index (χ4n) is 9.15. The predicted octanol–water partition coefficient (Wildman–Crippen LogP) is 16.3. The molecule has 0 fully saturated rings. The van der Waals surface area contributed by atoms with Crippen LogP contribution < -0.4 is 0 Å². The van der Waals surface area contributed by atoms with Crippen molar-refractivity contribution >= 4 is 63.8 Å². The SMILES string of the molecule is c1ccc(-c2ccccc2-c2cc(-c3ccc(-c4cccc5c4sc4ccccc45)cc3)nc(-c3ccc(-c4c5ccccc5cc5c4ccc4ccccc45)cc3)n2)cc1. The van der Waals surface area contributed by atoms with E-state index in [1.807, 2.05) is 11.3 Å². The van der Waals surface area contributed by atoms with Crippen LogP contribution in [0.25, 0.3) is 120 Å². The third-order valence-corrected chi connectivity index (χ3v) is 13.3. The topological polar surface area (TPSA) is 25.8 Å². The minimum atomic E-state index is 0.690. The first-order valence-electron chi connectivity index (χ1n) is 20.7. The Morgan fingerprint density at radius 3 is 1.72 bits per heavy atom. The van der Waals surface area contributed by atoms with E-state index in [4.69, 9.17) is 9.97 Å². The zero-order valence-electron chi connectivity index (χ0n) is 33.1. The van der Waals surface area contributed by atoms with Gasteiger partial charge in [0.1, 0.15) is 0 Å². The maximum atomic E-state index is 5.33. The van der Waals surface area contributed by atoms with Crippen molar-refractivity contribution in [2.45, 2.75) is 0 Å². The Morgan fingerprint density at radius 2 is 0.885 bits per heavy atom. The number of hydrogen-bond acceptors (Lipinski definition) is 3. The monoisotopic (exact) mass is 792 g/mol. The molecule has 0 unspecified atom stereocenters. The molecule has 12 aromatic rings. The molecule has 0 radical (unpaired) electrons. The van der Waals surface area contributed by atoms with Gasteiger partial charge in [0.15, 0.2) is 5.82 Å². The number of benzene rings is 10. The van der Waals surface area contributed by atoms with Gasteiger partial charge in [-0.15, -0.1) is 11.3 Å². The van der Waals surface area contributed by atoms with Crippen molar-refractivity contribution in [1.82, 2.24) is 9.97 Å². The molecule has 0 aliphatic rings. The smallest absolute Gasteiger partial charge is 0.160 e. The highest BCUT2D eigenvalue weighted by molar-refractivity contribution is 7.26. The van der Waals surface area contributed by atoms with E-state index in [0.717, 1.165) is 44.8 Å². The molecule has 61 heavy (non-hydrogen) atoms. The minimum absolute atomic E-state index is 0.690. The second-order valence-electron chi connectivity index (χ2n) is 15.7. The maximum absolute atomic E-state index is 5.33. The van der Waals surface area contributed by atoms with E-state index in [-0.39, 0.29) is 0 Å². The lowest BCUT2D eigenvalue weighted by Crippen LogP contribution is -1.97. The summed E-state index contributed by atoms with van der Waals surface area (Å²) in [6.45, 7) is 0. The standard InChI is InChI=1S/C58H36N2S/c1-2-13-37(14-3-1)44-17-8-9-20-48(44)54-36-53(40-27-25-39(26-28-40)47-22-12-23-51-49-21-10-11-24-55(49)61-57(47)51)59-58(60-54)42-31-29-41(30-32-42)56-46-19-7-5-16-43(46)35-52-45-18-6-4-15-38(45)33-34-50(52)56/h1-36H. The van der Waals surface area contributed by atoms with Gasteiger partial charge in [-0.3, -0.25) is 0 Å². The maximum Gasteiger partial charge on any atom is 0.160 e. The molecule has 0 N–H and O–H groups in total. The van der Waals surface area contributed by atoms with Crippen LogP contribution in [0.3, 0.4) is 0 Å². The van der Waals surface area contributed by atoms with Crippen molar-refractivity contribution in [3.8, 4) is 67.3 Å². The molecule has 0 saturated heterocycles. The first kappa shape index (κ1) is 35.2. The molecule has 0 aliphatic heterocycles. The first-order chi connectivity index (χ1) is 30.2. The van der Waals surface area contributed by atoms with Crippen molar-refractivity contribution in [1.29, 1.82) is 0 Å². The molecular weight excluding hydrogens is 757 g/mol. The Bertz CT molecular complexity index is 3620. The zero-order chi connectivity index (χ0) is 40.3. The summed E-state index contributed by atoms with van der Waals surface area (Å²) < 4.78 is 2.62. The molecule has 3 heteroatoms. The van der Waals surface area contributed by atoms with Crippen molar-refractivity contribution in [2.24, 2.45) is 0 Å². The van der Waals surface area contributed by atoms with Gasteiger partial charge in [0.05, 0.1) is 11.4 Å². The average Bonchev–Trinajstić information content (AvgIpc) is 3.73. The van der Waals surface area contributed by atoms with Crippen molar-refractivity contribution in [2.75, 3.05) is 0 Å². The number of thiophene rings is 1. The van der Waals surface area contributed by atoms with Gasteiger partial charge >= 0.3 is 0 Å². The molecular formula is C58H36N2S. The molecule has 0 atom stereocenters. The molecule has 2 nitrogen and oxygen atoms in total. The van der Waals surface area contributed by atoms with Gasteiger partial charge in [0.25, 0.3) is 0 Å². The van der Waals surface area contributed by atoms with Crippen LogP contribution >= 0.6 is 11.3 Å². The van der Waals surface area contributed by atoms with E-state index in [0.29, 0.717) is 5.82 Å². The van der Waals surface area contributed by atoms with E-state index >= 15 is 0 Å². The molecule has 12 rings (SSSR count). The number of fused-ring (bicyclic) bond motifs is 7. The van der Waals surface area contributed by atoms with Crippen LogP contribution in [0.1, 0.15) is 0 Å². The predicted molar refractivity (Wildman–Crippen MR) is 260 cm³/mol. The Kier molecular flexibility index (Phi) is 8.39. The van der Waals surface area contributed by atoms with Crippen LogP contribution in [0, 0.1) is 0 Å². The van der Waals surface area contributed by atoms with Crippen LogP contribution in [0.2, 0.25) is 0 Å². The lowest BCUT2D eigenvalue weighted by molar-refractivity contribution is 1.18. The Morgan fingerprint density at radius 1 is 0.295 bits per heavy atom. The highest BCUT2D eigenvalue weighted by Crippen LogP contribution is 2.42. The van der Waals surface area contributed by atoms with Crippen molar-refractivity contribution in [3.05, 3.63) is 218 Å². The van der Waals surface area contributed by atoms with Crippen LogP contribution in [0.4, 0.5) is 0 Å². The average molecular weight is 793 g/mol. The van der Waals surface area contributed by atoms with E-state index in [1.54, 1.807) is 0 Å². The number of nitrogens with zero attached hydrogens (tertiary/aromatic N) is 2. The molecule has 2 aromatic heterocycles. The minimum Gasteiger partial charge on any atom is -0.228 e. The molecule has 0 amide bonds. The second kappa shape index (κ2) is 14.5. The molecule has 0 aliphatic carbocycles. The highest BCUT2D eigenvalue weighted by atomic mass is 32.1. The zero-order valence-corrected chi connectivity index (χ0v) is 33.9. The summed E-state index contributed by atoms with van der Waals surface area (Å²) in [6, 6.07) is 78.6. The highest BCUT2D eigenvalue weighted by Gasteiger charge is 2.17. The fourth-order valence-corrected chi connectivity index (χ4v) is 10.4. The molecule has 284 valence electrons. The number of rotatable bonds is 6. The van der Waals surface area contributed by atoms with E-state index in [9.17, 15) is 0 Å². The lowest BCUT2D eigenvalue weighted by atomic mass is 9.89. The van der Waals surface area contributed by atoms with Gasteiger partial charge < -0.3 is 0 Å². The Balaban J connectivity index is 0.995. The van der Waals surface area contributed by atoms with Crippen molar-refractivity contribution in [3.63, 3.8) is 0 Å². The Labute approximate surface area is 357 Å². The third kappa shape index (κ3) is 6.09. The van der Waals surface area contributed by atoms with E-state index in [2.05, 4.69) is 218 Å². The second-order valence-corrected chi connectivity index (χ2v) is 16.7. The summed E-state index contributed by atoms with van der Waals surface area (Å²) in [7, 11) is 0. The normalized spacial score (nSPS) is 11.6. The summed E-state index contributed by atoms with van der Waals surface area (Å²) in [5.41, 5.74) is 12.0. The summed E-state index contributed by atoms with van der Waals surface area (Å²) in [5.74, 6) is 0.690. The fraction of sp³-hybridized carbons (Fsp3) is 0. The van der Waals surface area contributed by atoms with Crippen LogP contribution in [0.15, 0.2) is 218 Å². The van der Waals surface area contributed by atoms with E-state index < -0.39 is 0 Å². The largest absolute Gasteiger partial charge is 0.228 e. The number of aromatic nitrogens is 2. The molecule has 0 spiro atoms. The molecule has 2 heterocycles. The van der Waals surface area contributed by atoms with Gasteiger partial charge in [-0.2, -0.15) is 0 Å². The summed E-state index contributed by atoms with van der Waals surface area (Å²) in [5, 5.41) is 10.1. The van der Waals surface area contributed by atoms with Gasteiger partial charge in [-0.1, -0.05) is 200 Å². The molecule has 0 bridgehead atoms.